The van der Waals surface area contributed by atoms with Gasteiger partial charge in [-0.25, -0.2) is 4.98 Å². The lowest BCUT2D eigenvalue weighted by atomic mass is 10.2. The maximum Gasteiger partial charge on any atom is 0.226 e. The predicted molar refractivity (Wildman–Crippen MR) is 57.5 cm³/mol. The first-order chi connectivity index (χ1) is 7.34. The summed E-state index contributed by atoms with van der Waals surface area (Å²) in [6.07, 6.45) is 1.51. The van der Waals surface area contributed by atoms with Gasteiger partial charge in [-0.2, -0.15) is 4.98 Å². The number of nitrogens with one attached hydrogen (secondary N) is 1. The Hall–Kier alpha value is -2.10. The van der Waals surface area contributed by atoms with E-state index in [0.717, 1.165) is 5.56 Å². The lowest BCUT2D eigenvalue weighted by Gasteiger charge is -2.04. The largest absolute Gasteiger partial charge is 0.493 e. The summed E-state index contributed by atoms with van der Waals surface area (Å²) in [6, 6.07) is 11.4. The molecule has 2 aromatic rings. The second kappa shape index (κ2) is 4.41. The van der Waals surface area contributed by atoms with Gasteiger partial charge in [-0.3, -0.25) is 0 Å². The maximum absolute atomic E-state index is 9.12. The van der Waals surface area contributed by atoms with Gasteiger partial charge in [0.2, 0.25) is 11.8 Å². The molecule has 76 valence electrons. The van der Waals surface area contributed by atoms with Crippen LogP contribution in [-0.2, 0) is 6.54 Å². The summed E-state index contributed by atoms with van der Waals surface area (Å²) in [5, 5.41) is 12.1. The molecule has 0 atom stereocenters. The van der Waals surface area contributed by atoms with Crippen LogP contribution in [0.1, 0.15) is 5.56 Å². The van der Waals surface area contributed by atoms with E-state index in [0.29, 0.717) is 12.5 Å². The summed E-state index contributed by atoms with van der Waals surface area (Å²) in [7, 11) is 0. The van der Waals surface area contributed by atoms with Crippen molar-refractivity contribution in [3.63, 3.8) is 0 Å². The zero-order chi connectivity index (χ0) is 10.5. The first-order valence-corrected chi connectivity index (χ1v) is 4.64. The van der Waals surface area contributed by atoms with Crippen LogP contribution in [0.2, 0.25) is 0 Å². The number of nitrogens with zero attached hydrogens (tertiary/aromatic N) is 2. The van der Waals surface area contributed by atoms with Gasteiger partial charge in [-0.15, -0.1) is 0 Å². The van der Waals surface area contributed by atoms with E-state index in [1.807, 2.05) is 30.3 Å². The van der Waals surface area contributed by atoms with Crippen LogP contribution >= 0.6 is 0 Å². The molecule has 1 aromatic heterocycles. The molecule has 4 heteroatoms. The molecule has 0 spiro atoms. The maximum atomic E-state index is 9.12. The molecule has 0 saturated carbocycles. The monoisotopic (exact) mass is 201 g/mol. The quantitative estimate of drug-likeness (QED) is 0.794. The Labute approximate surface area is 87.6 Å². The molecule has 0 saturated heterocycles. The van der Waals surface area contributed by atoms with Gasteiger partial charge in [0, 0.05) is 18.8 Å². The highest BCUT2D eigenvalue weighted by Crippen LogP contribution is 2.07. The van der Waals surface area contributed by atoms with Crippen molar-refractivity contribution in [2.45, 2.75) is 6.54 Å². The van der Waals surface area contributed by atoms with Crippen molar-refractivity contribution in [3.8, 4) is 5.88 Å². The molecule has 2 N–H and O–H groups in total. The fourth-order valence-corrected chi connectivity index (χ4v) is 1.21. The lowest BCUT2D eigenvalue weighted by Crippen LogP contribution is -2.02. The van der Waals surface area contributed by atoms with Crippen LogP contribution < -0.4 is 5.32 Å². The first kappa shape index (κ1) is 9.45. The van der Waals surface area contributed by atoms with Gasteiger partial charge in [0.25, 0.3) is 0 Å². The molecule has 0 aliphatic carbocycles. The van der Waals surface area contributed by atoms with Gasteiger partial charge >= 0.3 is 0 Å². The summed E-state index contributed by atoms with van der Waals surface area (Å²) < 4.78 is 0. The number of benzene rings is 1. The molecule has 1 aromatic carbocycles. The van der Waals surface area contributed by atoms with E-state index in [9.17, 15) is 0 Å². The zero-order valence-corrected chi connectivity index (χ0v) is 8.09. The standard InChI is InChI=1S/C11H11N3O/c15-10-6-7-12-11(14-10)13-8-9-4-2-1-3-5-9/h1-7H,8H2,(H2,12,13,14,15). The van der Waals surface area contributed by atoms with Crippen molar-refractivity contribution < 1.29 is 5.11 Å². The number of hydrogen-bond acceptors (Lipinski definition) is 4. The second-order valence-corrected chi connectivity index (χ2v) is 3.08. The first-order valence-electron chi connectivity index (χ1n) is 4.64. The highest BCUT2D eigenvalue weighted by atomic mass is 16.3. The molecule has 0 aliphatic heterocycles. The molecule has 0 radical (unpaired) electrons. The van der Waals surface area contributed by atoms with Crippen molar-refractivity contribution >= 4 is 5.95 Å². The minimum absolute atomic E-state index is 0.0273. The molecular weight excluding hydrogens is 190 g/mol. The topological polar surface area (TPSA) is 58.0 Å². The molecule has 4 nitrogen and oxygen atoms in total. The third-order valence-electron chi connectivity index (χ3n) is 1.93. The number of aromatic hydroxyl groups is 1. The Balaban J connectivity index is 1.99. The third-order valence-corrected chi connectivity index (χ3v) is 1.93. The van der Waals surface area contributed by atoms with Crippen molar-refractivity contribution in [1.82, 2.24) is 9.97 Å². The number of hydrogen-bond donors (Lipinski definition) is 2. The second-order valence-electron chi connectivity index (χ2n) is 3.08. The zero-order valence-electron chi connectivity index (χ0n) is 8.09. The van der Waals surface area contributed by atoms with E-state index in [1.165, 1.54) is 12.3 Å². The third kappa shape index (κ3) is 2.67. The molecule has 0 bridgehead atoms. The summed E-state index contributed by atoms with van der Waals surface area (Å²) >= 11 is 0. The SMILES string of the molecule is Oc1ccnc(NCc2ccccc2)n1. The molecule has 0 fully saturated rings. The van der Waals surface area contributed by atoms with Gasteiger partial charge in [0.05, 0.1) is 0 Å². The van der Waals surface area contributed by atoms with Crippen LogP contribution in [-0.4, -0.2) is 15.1 Å². The Morgan fingerprint density at radius 3 is 2.67 bits per heavy atom. The van der Waals surface area contributed by atoms with E-state index in [-0.39, 0.29) is 5.88 Å². The number of anilines is 1. The average molecular weight is 201 g/mol. The van der Waals surface area contributed by atoms with Crippen LogP contribution in [0.4, 0.5) is 5.95 Å². The smallest absolute Gasteiger partial charge is 0.226 e. The van der Waals surface area contributed by atoms with Crippen LogP contribution in [0.5, 0.6) is 5.88 Å². The lowest BCUT2D eigenvalue weighted by molar-refractivity contribution is 0.453. The molecule has 0 unspecified atom stereocenters. The van der Waals surface area contributed by atoms with E-state index in [1.54, 1.807) is 0 Å². The summed E-state index contributed by atoms with van der Waals surface area (Å²) in [6.45, 7) is 0.643. The normalized spacial score (nSPS) is 9.87. The van der Waals surface area contributed by atoms with E-state index >= 15 is 0 Å². The molecule has 15 heavy (non-hydrogen) atoms. The average Bonchev–Trinajstić information content (AvgIpc) is 2.28. The highest BCUT2D eigenvalue weighted by Gasteiger charge is 1.96. The summed E-state index contributed by atoms with van der Waals surface area (Å²) in [4.78, 5) is 7.79. The van der Waals surface area contributed by atoms with Crippen LogP contribution in [0.25, 0.3) is 0 Å². The fraction of sp³-hybridized carbons (Fsp3) is 0.0909. The molecule has 0 amide bonds. The Morgan fingerprint density at radius 2 is 1.93 bits per heavy atom. The van der Waals surface area contributed by atoms with Crippen molar-refractivity contribution in [3.05, 3.63) is 48.2 Å². The summed E-state index contributed by atoms with van der Waals surface area (Å²) in [5.41, 5.74) is 1.14. The highest BCUT2D eigenvalue weighted by molar-refractivity contribution is 5.29. The van der Waals surface area contributed by atoms with E-state index in [4.69, 9.17) is 5.11 Å². The molecule has 2 rings (SSSR count). The number of aromatic nitrogens is 2. The van der Waals surface area contributed by atoms with Crippen molar-refractivity contribution in [1.29, 1.82) is 0 Å². The number of rotatable bonds is 3. The molecule has 0 aliphatic rings. The van der Waals surface area contributed by atoms with Crippen LogP contribution in [0, 0.1) is 0 Å². The fourth-order valence-electron chi connectivity index (χ4n) is 1.21. The van der Waals surface area contributed by atoms with Crippen molar-refractivity contribution in [2.75, 3.05) is 5.32 Å². The van der Waals surface area contributed by atoms with Gasteiger partial charge in [0.15, 0.2) is 0 Å². The molecular formula is C11H11N3O. The van der Waals surface area contributed by atoms with Gasteiger partial charge < -0.3 is 10.4 Å². The Kier molecular flexibility index (Phi) is 2.78. The van der Waals surface area contributed by atoms with Crippen LogP contribution in [0.15, 0.2) is 42.6 Å². The minimum atomic E-state index is -0.0273. The van der Waals surface area contributed by atoms with E-state index < -0.39 is 0 Å². The minimum Gasteiger partial charge on any atom is -0.493 e. The van der Waals surface area contributed by atoms with Crippen LogP contribution in [0.3, 0.4) is 0 Å². The Morgan fingerprint density at radius 1 is 1.13 bits per heavy atom. The van der Waals surface area contributed by atoms with Crippen molar-refractivity contribution in [2.24, 2.45) is 0 Å². The Bertz CT molecular complexity index is 431. The van der Waals surface area contributed by atoms with Gasteiger partial charge in [-0.05, 0) is 5.56 Å². The predicted octanol–water partition coefficient (Wildman–Crippen LogP) is 1.79. The molecule has 1 heterocycles. The van der Waals surface area contributed by atoms with Gasteiger partial charge in [0.1, 0.15) is 0 Å². The summed E-state index contributed by atoms with van der Waals surface area (Å²) in [5.74, 6) is 0.402. The van der Waals surface area contributed by atoms with E-state index in [2.05, 4.69) is 15.3 Å². The van der Waals surface area contributed by atoms with Gasteiger partial charge in [-0.1, -0.05) is 30.3 Å².